The van der Waals surface area contributed by atoms with Crippen molar-refractivity contribution in [2.75, 3.05) is 13.2 Å². The Balaban J connectivity index is 1.62. The van der Waals surface area contributed by atoms with Gasteiger partial charge in [0.15, 0.2) is 0 Å². The maximum absolute atomic E-state index is 5.63. The van der Waals surface area contributed by atoms with Crippen LogP contribution in [0.3, 0.4) is 0 Å². The lowest BCUT2D eigenvalue weighted by Gasteiger charge is -2.22. The third-order valence-corrected chi connectivity index (χ3v) is 3.21. The molecule has 1 saturated heterocycles. The molecule has 0 aliphatic carbocycles. The molecule has 2 heterocycles. The van der Waals surface area contributed by atoms with Gasteiger partial charge in [-0.05, 0) is 19.4 Å². The molecule has 1 aromatic heterocycles. The number of hydrogen-bond acceptors (Lipinski definition) is 4. The van der Waals surface area contributed by atoms with Crippen molar-refractivity contribution in [1.82, 2.24) is 10.3 Å². The molecular weight excluding hydrogens is 196 g/mol. The van der Waals surface area contributed by atoms with Crippen molar-refractivity contribution in [2.24, 2.45) is 0 Å². The van der Waals surface area contributed by atoms with Crippen LogP contribution in [-0.4, -0.2) is 24.2 Å². The van der Waals surface area contributed by atoms with Gasteiger partial charge < -0.3 is 10.1 Å². The van der Waals surface area contributed by atoms with E-state index >= 15 is 0 Å². The molecule has 78 valence electrons. The Hall–Kier alpha value is -0.450. The summed E-state index contributed by atoms with van der Waals surface area (Å²) in [5.74, 6) is 0. The van der Waals surface area contributed by atoms with E-state index in [1.807, 2.05) is 11.7 Å². The highest BCUT2D eigenvalue weighted by atomic mass is 32.1. The molecule has 14 heavy (non-hydrogen) atoms. The van der Waals surface area contributed by atoms with E-state index in [2.05, 4.69) is 10.3 Å². The van der Waals surface area contributed by atoms with Crippen LogP contribution in [0.15, 0.2) is 11.7 Å². The third-order valence-electron chi connectivity index (χ3n) is 2.46. The maximum Gasteiger partial charge on any atom is 0.0826 e. The molecule has 0 spiro atoms. The summed E-state index contributed by atoms with van der Waals surface area (Å²) in [6, 6.07) is 0.566. The molecule has 0 saturated carbocycles. The molecule has 0 unspecified atom stereocenters. The molecule has 1 aromatic rings. The zero-order valence-electron chi connectivity index (χ0n) is 8.24. The molecule has 0 bridgehead atoms. The highest BCUT2D eigenvalue weighted by Gasteiger charge is 2.12. The Morgan fingerprint density at radius 3 is 3.29 bits per heavy atom. The number of thiazole rings is 1. The normalized spacial score (nSPS) is 22.4. The van der Waals surface area contributed by atoms with Crippen molar-refractivity contribution >= 4 is 11.3 Å². The summed E-state index contributed by atoms with van der Waals surface area (Å²) >= 11 is 1.65. The summed E-state index contributed by atoms with van der Waals surface area (Å²) in [6.07, 6.45) is 5.77. The SMILES string of the molecule is c1ncc(COC[C@@H]2CCCCN2)s1. The van der Waals surface area contributed by atoms with Crippen LogP contribution in [0.4, 0.5) is 0 Å². The van der Waals surface area contributed by atoms with E-state index in [1.165, 1.54) is 24.1 Å². The summed E-state index contributed by atoms with van der Waals surface area (Å²) in [5.41, 5.74) is 1.84. The summed E-state index contributed by atoms with van der Waals surface area (Å²) in [5, 5.41) is 3.46. The number of piperidine rings is 1. The second-order valence-electron chi connectivity index (χ2n) is 3.63. The number of hydrogen-bond donors (Lipinski definition) is 1. The highest BCUT2D eigenvalue weighted by Crippen LogP contribution is 2.10. The van der Waals surface area contributed by atoms with Gasteiger partial charge in [0.1, 0.15) is 0 Å². The fraction of sp³-hybridized carbons (Fsp3) is 0.700. The molecule has 1 N–H and O–H groups in total. The average molecular weight is 212 g/mol. The van der Waals surface area contributed by atoms with E-state index in [1.54, 1.807) is 11.3 Å². The zero-order chi connectivity index (χ0) is 9.64. The molecule has 1 atom stereocenters. The fourth-order valence-electron chi connectivity index (χ4n) is 1.68. The maximum atomic E-state index is 5.63. The summed E-state index contributed by atoms with van der Waals surface area (Å²) in [6.45, 7) is 2.69. The van der Waals surface area contributed by atoms with Gasteiger partial charge in [-0.3, -0.25) is 4.98 Å². The van der Waals surface area contributed by atoms with Crippen LogP contribution in [0, 0.1) is 0 Å². The first kappa shape index (κ1) is 10.1. The molecule has 1 aliphatic rings. The van der Waals surface area contributed by atoms with Crippen molar-refractivity contribution in [3.05, 3.63) is 16.6 Å². The Bertz CT molecular complexity index is 245. The smallest absolute Gasteiger partial charge is 0.0826 e. The third kappa shape index (κ3) is 3.04. The predicted octanol–water partition coefficient (Wildman–Crippen LogP) is 1.80. The van der Waals surface area contributed by atoms with Crippen molar-refractivity contribution in [1.29, 1.82) is 0 Å². The largest absolute Gasteiger partial charge is 0.374 e. The standard InChI is InChI=1S/C10H16N2OS/c1-2-4-12-9(3-1)6-13-7-10-5-11-8-14-10/h5,8-9,12H,1-4,6-7H2/t9-/m0/s1. The number of nitrogens with one attached hydrogen (secondary N) is 1. The van der Waals surface area contributed by atoms with Crippen LogP contribution in [0.5, 0.6) is 0 Å². The van der Waals surface area contributed by atoms with Crippen LogP contribution < -0.4 is 5.32 Å². The molecule has 4 heteroatoms. The molecule has 2 rings (SSSR count). The van der Waals surface area contributed by atoms with E-state index < -0.39 is 0 Å². The predicted molar refractivity (Wildman–Crippen MR) is 57.4 cm³/mol. The van der Waals surface area contributed by atoms with Gasteiger partial charge >= 0.3 is 0 Å². The number of ether oxygens (including phenoxy) is 1. The molecule has 0 amide bonds. The van der Waals surface area contributed by atoms with Gasteiger partial charge in [0, 0.05) is 12.2 Å². The van der Waals surface area contributed by atoms with Gasteiger partial charge in [-0.25, -0.2) is 0 Å². The van der Waals surface area contributed by atoms with Gasteiger partial charge in [-0.2, -0.15) is 0 Å². The minimum absolute atomic E-state index is 0.566. The highest BCUT2D eigenvalue weighted by molar-refractivity contribution is 7.09. The van der Waals surface area contributed by atoms with Crippen LogP contribution >= 0.6 is 11.3 Å². The van der Waals surface area contributed by atoms with E-state index in [0.717, 1.165) is 13.2 Å². The molecule has 3 nitrogen and oxygen atoms in total. The van der Waals surface area contributed by atoms with Crippen molar-refractivity contribution in [2.45, 2.75) is 31.9 Å². The van der Waals surface area contributed by atoms with Crippen LogP contribution in [0.2, 0.25) is 0 Å². The number of aromatic nitrogens is 1. The lowest BCUT2D eigenvalue weighted by molar-refractivity contribution is 0.0927. The van der Waals surface area contributed by atoms with Crippen molar-refractivity contribution in [3.63, 3.8) is 0 Å². The summed E-state index contributed by atoms with van der Waals surface area (Å²) in [7, 11) is 0. The van der Waals surface area contributed by atoms with Gasteiger partial charge in [0.2, 0.25) is 0 Å². The first-order valence-electron chi connectivity index (χ1n) is 5.13. The lowest BCUT2D eigenvalue weighted by atomic mass is 10.1. The molecule has 1 aliphatic heterocycles. The minimum atomic E-state index is 0.566. The minimum Gasteiger partial charge on any atom is -0.374 e. The van der Waals surface area contributed by atoms with Gasteiger partial charge in [-0.15, -0.1) is 11.3 Å². The Kier molecular flexibility index (Phi) is 3.91. The van der Waals surface area contributed by atoms with Crippen LogP contribution in [0.1, 0.15) is 24.1 Å². The quantitative estimate of drug-likeness (QED) is 0.826. The Morgan fingerprint density at radius 2 is 2.57 bits per heavy atom. The second kappa shape index (κ2) is 5.44. The zero-order valence-corrected chi connectivity index (χ0v) is 9.05. The first-order chi connectivity index (χ1) is 6.95. The monoisotopic (exact) mass is 212 g/mol. The lowest BCUT2D eigenvalue weighted by Crippen LogP contribution is -2.37. The van der Waals surface area contributed by atoms with E-state index in [-0.39, 0.29) is 0 Å². The number of rotatable bonds is 4. The van der Waals surface area contributed by atoms with Crippen LogP contribution in [0.25, 0.3) is 0 Å². The van der Waals surface area contributed by atoms with Gasteiger partial charge in [0.25, 0.3) is 0 Å². The van der Waals surface area contributed by atoms with Crippen molar-refractivity contribution in [3.8, 4) is 0 Å². The van der Waals surface area contributed by atoms with Crippen molar-refractivity contribution < 1.29 is 4.74 Å². The second-order valence-corrected chi connectivity index (χ2v) is 4.60. The average Bonchev–Trinajstić information content (AvgIpc) is 2.72. The number of nitrogens with zero attached hydrogens (tertiary/aromatic N) is 1. The Morgan fingerprint density at radius 1 is 1.57 bits per heavy atom. The van der Waals surface area contributed by atoms with Crippen LogP contribution in [-0.2, 0) is 11.3 Å². The molecular formula is C10H16N2OS. The Labute approximate surface area is 88.5 Å². The van der Waals surface area contributed by atoms with E-state index in [0.29, 0.717) is 12.6 Å². The van der Waals surface area contributed by atoms with Gasteiger partial charge in [0.05, 0.1) is 23.6 Å². The first-order valence-corrected chi connectivity index (χ1v) is 6.01. The topological polar surface area (TPSA) is 34.1 Å². The fourth-order valence-corrected chi connectivity index (χ4v) is 2.21. The molecule has 0 aromatic carbocycles. The molecule has 1 fully saturated rings. The molecule has 0 radical (unpaired) electrons. The van der Waals surface area contributed by atoms with E-state index in [4.69, 9.17) is 4.74 Å². The summed E-state index contributed by atoms with van der Waals surface area (Å²) < 4.78 is 5.63. The van der Waals surface area contributed by atoms with Gasteiger partial charge in [-0.1, -0.05) is 6.42 Å². The van der Waals surface area contributed by atoms with E-state index in [9.17, 15) is 0 Å². The summed E-state index contributed by atoms with van der Waals surface area (Å²) in [4.78, 5) is 5.22.